The van der Waals surface area contributed by atoms with Crippen molar-refractivity contribution in [1.82, 2.24) is 30.9 Å². The second kappa shape index (κ2) is 10.1. The largest absolute Gasteiger partial charge is 0.341 e. The molecule has 3 aliphatic carbocycles. The first kappa shape index (κ1) is 24.8. The number of likely N-dealkylation sites (tertiary alicyclic amines) is 1. The van der Waals surface area contributed by atoms with Gasteiger partial charge in [0.05, 0.1) is 6.04 Å². The van der Waals surface area contributed by atoms with Gasteiger partial charge >= 0.3 is 0 Å². The lowest BCUT2D eigenvalue weighted by molar-refractivity contribution is -0.141. The van der Waals surface area contributed by atoms with Gasteiger partial charge < -0.3 is 15.1 Å². The van der Waals surface area contributed by atoms with Gasteiger partial charge in [0.1, 0.15) is 6.04 Å². The number of nitrogens with one attached hydrogen (secondary N) is 3. The molecule has 6 unspecified atom stereocenters. The summed E-state index contributed by atoms with van der Waals surface area (Å²) in [6, 6.07) is 0.573. The maximum Gasteiger partial charge on any atom is 0.241 e. The highest BCUT2D eigenvalue weighted by atomic mass is 16.2. The zero-order valence-corrected chi connectivity index (χ0v) is 22.6. The van der Waals surface area contributed by atoms with Crippen LogP contribution >= 0.6 is 0 Å². The summed E-state index contributed by atoms with van der Waals surface area (Å²) in [6.45, 7) is 5.50. The molecule has 0 radical (unpaired) electrons. The molecule has 4 saturated heterocycles. The predicted molar refractivity (Wildman–Crippen MR) is 143 cm³/mol. The van der Waals surface area contributed by atoms with Crippen molar-refractivity contribution in [3.05, 3.63) is 0 Å². The molecular weight excluding hydrogens is 464 g/mol. The molecule has 7 fully saturated rings. The maximum absolute atomic E-state index is 13.9. The topological polar surface area (TPSA) is 79.9 Å². The van der Waals surface area contributed by atoms with E-state index in [2.05, 4.69) is 30.9 Å². The zero-order valence-electron chi connectivity index (χ0n) is 22.6. The van der Waals surface area contributed by atoms with Crippen LogP contribution in [0.3, 0.4) is 0 Å². The van der Waals surface area contributed by atoms with Gasteiger partial charge in [0.2, 0.25) is 11.8 Å². The van der Waals surface area contributed by atoms with E-state index in [0.717, 1.165) is 44.9 Å². The number of amides is 2. The number of rotatable bonds is 4. The van der Waals surface area contributed by atoms with Crippen molar-refractivity contribution >= 4 is 11.8 Å². The van der Waals surface area contributed by atoms with Gasteiger partial charge in [0, 0.05) is 62.8 Å². The molecule has 7 rings (SSSR count). The number of piperidine rings is 1. The molecule has 0 aromatic rings. The van der Waals surface area contributed by atoms with Crippen LogP contribution < -0.4 is 16.2 Å². The normalized spacial score (nSPS) is 40.0. The Bertz CT molecular complexity index is 858. The van der Waals surface area contributed by atoms with Crippen LogP contribution in [0.15, 0.2) is 0 Å². The molecule has 8 nitrogen and oxygen atoms in total. The molecule has 0 bridgehead atoms. The summed E-state index contributed by atoms with van der Waals surface area (Å²) in [5, 5.41) is 3.68. The second-order valence-corrected chi connectivity index (χ2v) is 13.6. The van der Waals surface area contributed by atoms with Crippen LogP contribution in [-0.4, -0.2) is 95.5 Å². The van der Waals surface area contributed by atoms with Crippen LogP contribution in [0.2, 0.25) is 0 Å². The zero-order chi connectivity index (χ0) is 25.0. The number of carbonyl (C=O) groups excluding carboxylic acids is 2. The molecule has 7 aliphatic rings. The monoisotopic (exact) mass is 512 g/mol. The Kier molecular flexibility index (Phi) is 6.75. The minimum Gasteiger partial charge on any atom is -0.341 e. The maximum atomic E-state index is 13.9. The van der Waals surface area contributed by atoms with Crippen molar-refractivity contribution < 1.29 is 9.59 Å². The van der Waals surface area contributed by atoms with Gasteiger partial charge in [-0.25, -0.2) is 5.43 Å². The van der Waals surface area contributed by atoms with Crippen molar-refractivity contribution in [2.24, 2.45) is 17.8 Å². The first-order valence-electron chi connectivity index (χ1n) is 15.7. The fraction of sp³-hybridized carbons (Fsp3) is 0.931. The Balaban J connectivity index is 0.965. The molecule has 3 saturated carbocycles. The Hall–Kier alpha value is -1.22. The summed E-state index contributed by atoms with van der Waals surface area (Å²) in [5.41, 5.74) is 7.06. The van der Waals surface area contributed by atoms with E-state index >= 15 is 0 Å². The van der Waals surface area contributed by atoms with E-state index in [1.165, 1.54) is 77.2 Å². The minimum atomic E-state index is -0.222. The molecular formula is C29H48N6O2. The standard InChI is InChI=1S/C29H48N6O2/c36-27(25-16-21-8-4-5-9-23(21)30-25)33-13-10-24-22(18-33)26(32-31-24)28(37)34-14-15-35(29(19-34)11-12-29)17-20-6-2-1-3-7-20/h20-26,30-32H,1-19H2. The molecule has 1 spiro atoms. The van der Waals surface area contributed by atoms with E-state index in [-0.39, 0.29) is 41.4 Å². The predicted octanol–water partition coefficient (Wildman–Crippen LogP) is 1.86. The van der Waals surface area contributed by atoms with Crippen LogP contribution in [0.1, 0.15) is 83.5 Å². The van der Waals surface area contributed by atoms with Crippen molar-refractivity contribution in [2.75, 3.05) is 39.3 Å². The lowest BCUT2D eigenvalue weighted by Crippen LogP contribution is -2.61. The summed E-state index contributed by atoms with van der Waals surface area (Å²) in [7, 11) is 0. The van der Waals surface area contributed by atoms with E-state index in [1.54, 1.807) is 0 Å². The van der Waals surface area contributed by atoms with E-state index < -0.39 is 0 Å². The minimum absolute atomic E-state index is 0.0203. The molecule has 37 heavy (non-hydrogen) atoms. The molecule has 206 valence electrons. The quantitative estimate of drug-likeness (QED) is 0.534. The van der Waals surface area contributed by atoms with Crippen LogP contribution in [0.25, 0.3) is 0 Å². The molecule has 8 heteroatoms. The van der Waals surface area contributed by atoms with Crippen molar-refractivity contribution in [2.45, 2.75) is 113 Å². The summed E-state index contributed by atoms with van der Waals surface area (Å²) in [6.07, 6.45) is 16.5. The number of hydrazine groups is 1. The number of nitrogens with zero attached hydrogens (tertiary/aromatic N) is 3. The van der Waals surface area contributed by atoms with Gasteiger partial charge in [0.15, 0.2) is 0 Å². The van der Waals surface area contributed by atoms with Gasteiger partial charge in [-0.3, -0.25) is 19.9 Å². The highest BCUT2D eigenvalue weighted by molar-refractivity contribution is 5.84. The molecule has 2 amide bonds. The van der Waals surface area contributed by atoms with E-state index in [1.807, 2.05) is 0 Å². The summed E-state index contributed by atoms with van der Waals surface area (Å²) in [5.74, 6) is 2.22. The molecule has 4 aliphatic heterocycles. The summed E-state index contributed by atoms with van der Waals surface area (Å²) < 4.78 is 0. The van der Waals surface area contributed by atoms with Crippen LogP contribution in [-0.2, 0) is 9.59 Å². The average molecular weight is 513 g/mol. The van der Waals surface area contributed by atoms with Gasteiger partial charge in [-0.1, -0.05) is 32.1 Å². The number of piperazine rings is 1. The van der Waals surface area contributed by atoms with Gasteiger partial charge in [-0.05, 0) is 63.2 Å². The molecule has 3 N–H and O–H groups in total. The van der Waals surface area contributed by atoms with Crippen molar-refractivity contribution in [3.8, 4) is 0 Å². The number of hydrogen-bond acceptors (Lipinski definition) is 6. The van der Waals surface area contributed by atoms with Crippen LogP contribution in [0.5, 0.6) is 0 Å². The molecule has 4 heterocycles. The molecule has 0 aromatic carbocycles. The number of carbonyl (C=O) groups is 2. The first-order valence-corrected chi connectivity index (χ1v) is 15.7. The lowest BCUT2D eigenvalue weighted by atomic mass is 9.84. The fourth-order valence-corrected chi connectivity index (χ4v) is 8.96. The van der Waals surface area contributed by atoms with Crippen molar-refractivity contribution in [3.63, 3.8) is 0 Å². The van der Waals surface area contributed by atoms with Crippen LogP contribution in [0, 0.1) is 17.8 Å². The molecule has 0 aromatic heterocycles. The van der Waals surface area contributed by atoms with Crippen LogP contribution in [0.4, 0.5) is 0 Å². The first-order chi connectivity index (χ1) is 18.1. The lowest BCUT2D eigenvalue weighted by Gasteiger charge is -2.45. The Labute approximate surface area is 222 Å². The SMILES string of the molecule is O=C(C1CC2CCCCC2N1)N1CCC2NNC(C(=O)N3CCN(CC4CCCCC4)C4(CC4)C3)C2C1. The summed E-state index contributed by atoms with van der Waals surface area (Å²) in [4.78, 5) is 34.4. The third-order valence-corrected chi connectivity index (χ3v) is 11.4. The number of fused-ring (bicyclic) bond motifs is 2. The third kappa shape index (κ3) is 4.74. The highest BCUT2D eigenvalue weighted by Gasteiger charge is 2.54. The van der Waals surface area contributed by atoms with E-state index in [0.29, 0.717) is 18.5 Å². The smallest absolute Gasteiger partial charge is 0.241 e. The van der Waals surface area contributed by atoms with E-state index in [4.69, 9.17) is 0 Å². The van der Waals surface area contributed by atoms with Gasteiger partial charge in [-0.2, -0.15) is 0 Å². The Morgan fingerprint density at radius 2 is 1.59 bits per heavy atom. The fourth-order valence-electron chi connectivity index (χ4n) is 8.96. The highest BCUT2D eigenvalue weighted by Crippen LogP contribution is 2.45. The van der Waals surface area contributed by atoms with Crippen molar-refractivity contribution in [1.29, 1.82) is 0 Å². The van der Waals surface area contributed by atoms with E-state index in [9.17, 15) is 9.59 Å². The second-order valence-electron chi connectivity index (χ2n) is 13.6. The summed E-state index contributed by atoms with van der Waals surface area (Å²) >= 11 is 0. The van der Waals surface area contributed by atoms with Gasteiger partial charge in [-0.15, -0.1) is 0 Å². The average Bonchev–Trinajstić information content (AvgIpc) is 3.36. The molecule has 6 atom stereocenters. The third-order valence-electron chi connectivity index (χ3n) is 11.4. The number of hydrogen-bond donors (Lipinski definition) is 3. The Morgan fingerprint density at radius 3 is 2.41 bits per heavy atom. The van der Waals surface area contributed by atoms with Gasteiger partial charge in [0.25, 0.3) is 0 Å². The Morgan fingerprint density at radius 1 is 0.784 bits per heavy atom.